The number of para-hydroxylation sites is 2. The summed E-state index contributed by atoms with van der Waals surface area (Å²) in [6, 6.07) is 20.6. The molecular formula is C26H28N4O4S. The van der Waals surface area contributed by atoms with Crippen LogP contribution in [0.15, 0.2) is 77.7 Å². The molecule has 0 aliphatic carbocycles. The second-order valence-corrected chi connectivity index (χ2v) is 10.3. The van der Waals surface area contributed by atoms with Gasteiger partial charge in [-0.25, -0.2) is 18.1 Å². The van der Waals surface area contributed by atoms with E-state index in [4.69, 9.17) is 4.74 Å². The first-order chi connectivity index (χ1) is 16.7. The van der Waals surface area contributed by atoms with E-state index in [-0.39, 0.29) is 29.0 Å². The molecule has 4 aromatic rings. The quantitative estimate of drug-likeness (QED) is 0.314. The zero-order valence-corrected chi connectivity index (χ0v) is 20.6. The predicted molar refractivity (Wildman–Crippen MR) is 136 cm³/mol. The van der Waals surface area contributed by atoms with Crippen LogP contribution in [0.1, 0.15) is 42.9 Å². The zero-order valence-electron chi connectivity index (χ0n) is 19.8. The van der Waals surface area contributed by atoms with Gasteiger partial charge in [-0.15, -0.1) is 0 Å². The Balaban J connectivity index is 1.41. The molecule has 182 valence electrons. The van der Waals surface area contributed by atoms with E-state index >= 15 is 0 Å². The Morgan fingerprint density at radius 2 is 1.74 bits per heavy atom. The van der Waals surface area contributed by atoms with Crippen LogP contribution >= 0.6 is 0 Å². The molecule has 0 aliphatic heterocycles. The number of hydrogen-bond acceptors (Lipinski definition) is 5. The van der Waals surface area contributed by atoms with Gasteiger partial charge in [0.1, 0.15) is 11.6 Å². The fourth-order valence-corrected chi connectivity index (χ4v) is 4.69. The number of aromatic amines is 1. The minimum Gasteiger partial charge on any atom is -0.491 e. The maximum atomic E-state index is 12.9. The Kier molecular flexibility index (Phi) is 7.18. The van der Waals surface area contributed by atoms with Crippen LogP contribution in [0, 0.1) is 0 Å². The van der Waals surface area contributed by atoms with Gasteiger partial charge in [0, 0.05) is 23.7 Å². The number of hydrogen-bond donors (Lipinski definition) is 3. The highest BCUT2D eigenvalue weighted by Crippen LogP contribution is 2.20. The molecule has 0 bridgehead atoms. The van der Waals surface area contributed by atoms with Gasteiger partial charge in [-0.3, -0.25) is 4.79 Å². The molecule has 9 heteroatoms. The first kappa shape index (κ1) is 24.4. The first-order valence-corrected chi connectivity index (χ1v) is 12.8. The number of imidazole rings is 1. The van der Waals surface area contributed by atoms with Crippen LogP contribution in [0.4, 0.5) is 5.69 Å². The maximum absolute atomic E-state index is 12.9. The summed E-state index contributed by atoms with van der Waals surface area (Å²) in [6.07, 6.45) is 0.0513. The van der Waals surface area contributed by atoms with Gasteiger partial charge in [0.15, 0.2) is 0 Å². The number of fused-ring (bicyclic) bond motifs is 1. The average molecular weight is 493 g/mol. The summed E-state index contributed by atoms with van der Waals surface area (Å²) in [5.74, 6) is 0.822. The molecule has 8 nitrogen and oxygen atoms in total. The third kappa shape index (κ3) is 6.06. The van der Waals surface area contributed by atoms with Crippen molar-refractivity contribution in [3.63, 3.8) is 0 Å². The van der Waals surface area contributed by atoms with E-state index in [1.807, 2.05) is 45.0 Å². The van der Waals surface area contributed by atoms with Crippen molar-refractivity contribution in [2.45, 2.75) is 37.7 Å². The number of carbonyl (C=O) groups is 1. The number of carbonyl (C=O) groups excluding carboxylic acids is 1. The molecule has 0 aliphatic rings. The Hall–Kier alpha value is -3.69. The second kappa shape index (κ2) is 10.3. The minimum absolute atomic E-state index is 0.0163. The van der Waals surface area contributed by atoms with E-state index in [2.05, 4.69) is 20.0 Å². The monoisotopic (exact) mass is 492 g/mol. The number of H-pyrrole nitrogens is 1. The van der Waals surface area contributed by atoms with Gasteiger partial charge in [0.05, 0.1) is 22.0 Å². The van der Waals surface area contributed by atoms with Crippen molar-refractivity contribution in [1.82, 2.24) is 14.7 Å². The molecule has 0 spiro atoms. The van der Waals surface area contributed by atoms with Crippen molar-refractivity contribution in [1.29, 1.82) is 0 Å². The van der Waals surface area contributed by atoms with Gasteiger partial charge in [-0.1, -0.05) is 25.1 Å². The summed E-state index contributed by atoms with van der Waals surface area (Å²) in [5, 5.41) is 2.78. The SMILES string of the molecule is CC(C)Oc1ccc(NC(=O)c2cccc(S(=O)(=O)NCC(C)c3nc4ccccc4[nH]3)c2)cc1. The van der Waals surface area contributed by atoms with Crippen molar-refractivity contribution >= 4 is 32.7 Å². The molecule has 1 aromatic heterocycles. The molecule has 1 atom stereocenters. The molecule has 1 unspecified atom stereocenters. The minimum atomic E-state index is -3.83. The molecule has 1 heterocycles. The Morgan fingerprint density at radius 3 is 2.46 bits per heavy atom. The van der Waals surface area contributed by atoms with Crippen LogP contribution in [-0.4, -0.2) is 36.9 Å². The zero-order chi connectivity index (χ0) is 25.0. The lowest BCUT2D eigenvalue weighted by atomic mass is 10.2. The van der Waals surface area contributed by atoms with Crippen LogP contribution < -0.4 is 14.8 Å². The number of anilines is 1. The van der Waals surface area contributed by atoms with Crippen molar-refractivity contribution in [3.05, 3.63) is 84.2 Å². The standard InChI is InChI=1S/C26H28N4O4S/c1-17(2)34-21-13-11-20(12-14-21)28-26(31)19-7-6-8-22(15-19)35(32,33)27-16-18(3)25-29-23-9-4-5-10-24(23)30-25/h4-15,17-18,27H,16H2,1-3H3,(H,28,31)(H,29,30). The molecule has 0 saturated heterocycles. The molecule has 4 rings (SSSR count). The average Bonchev–Trinajstić information content (AvgIpc) is 3.28. The third-order valence-corrected chi connectivity index (χ3v) is 6.77. The lowest BCUT2D eigenvalue weighted by molar-refractivity contribution is 0.102. The molecule has 3 N–H and O–H groups in total. The largest absolute Gasteiger partial charge is 0.491 e. The highest BCUT2D eigenvalue weighted by Gasteiger charge is 2.19. The molecule has 0 saturated carbocycles. The number of benzene rings is 3. The summed E-state index contributed by atoms with van der Waals surface area (Å²) >= 11 is 0. The van der Waals surface area contributed by atoms with Gasteiger partial charge >= 0.3 is 0 Å². The Bertz CT molecular complexity index is 1400. The first-order valence-electron chi connectivity index (χ1n) is 11.3. The molecule has 3 aromatic carbocycles. The van der Waals surface area contributed by atoms with E-state index in [1.165, 1.54) is 12.1 Å². The predicted octanol–water partition coefficient (Wildman–Crippen LogP) is 4.68. The van der Waals surface area contributed by atoms with Gasteiger partial charge in [-0.2, -0.15) is 0 Å². The highest BCUT2D eigenvalue weighted by atomic mass is 32.2. The van der Waals surface area contributed by atoms with Gasteiger partial charge in [0.25, 0.3) is 5.91 Å². The summed E-state index contributed by atoms with van der Waals surface area (Å²) in [4.78, 5) is 20.5. The van der Waals surface area contributed by atoms with Crippen molar-refractivity contribution < 1.29 is 17.9 Å². The number of nitrogens with zero attached hydrogens (tertiary/aromatic N) is 1. The summed E-state index contributed by atoms with van der Waals surface area (Å²) in [6.45, 7) is 5.92. The van der Waals surface area contributed by atoms with E-state index < -0.39 is 15.9 Å². The Morgan fingerprint density at radius 1 is 1.00 bits per heavy atom. The summed E-state index contributed by atoms with van der Waals surface area (Å²) < 4.78 is 34.0. The van der Waals surface area contributed by atoms with Crippen LogP contribution in [0.3, 0.4) is 0 Å². The fraction of sp³-hybridized carbons (Fsp3) is 0.231. The molecule has 1 amide bonds. The van der Waals surface area contributed by atoms with Crippen LogP contribution in [0.25, 0.3) is 11.0 Å². The van der Waals surface area contributed by atoms with Crippen molar-refractivity contribution in [2.24, 2.45) is 0 Å². The Labute approximate surface area is 204 Å². The molecular weight excluding hydrogens is 464 g/mol. The fourth-order valence-electron chi connectivity index (χ4n) is 3.52. The highest BCUT2D eigenvalue weighted by molar-refractivity contribution is 7.89. The van der Waals surface area contributed by atoms with Crippen LogP contribution in [0.2, 0.25) is 0 Å². The van der Waals surface area contributed by atoms with E-state index in [9.17, 15) is 13.2 Å². The number of sulfonamides is 1. The van der Waals surface area contributed by atoms with Gasteiger partial charge in [0.2, 0.25) is 10.0 Å². The number of amides is 1. The molecule has 0 radical (unpaired) electrons. The number of ether oxygens (including phenoxy) is 1. The molecule has 0 fully saturated rings. The number of aromatic nitrogens is 2. The molecule has 35 heavy (non-hydrogen) atoms. The normalized spacial score (nSPS) is 12.6. The lowest BCUT2D eigenvalue weighted by Crippen LogP contribution is -2.28. The summed E-state index contributed by atoms with van der Waals surface area (Å²) in [7, 11) is -3.83. The van der Waals surface area contributed by atoms with E-state index in [0.717, 1.165) is 11.0 Å². The third-order valence-electron chi connectivity index (χ3n) is 5.34. The second-order valence-electron chi connectivity index (χ2n) is 8.57. The smallest absolute Gasteiger partial charge is 0.255 e. The van der Waals surface area contributed by atoms with Crippen LogP contribution in [0.5, 0.6) is 5.75 Å². The van der Waals surface area contributed by atoms with Crippen LogP contribution in [-0.2, 0) is 10.0 Å². The van der Waals surface area contributed by atoms with E-state index in [1.54, 1.807) is 36.4 Å². The number of rotatable bonds is 9. The summed E-state index contributed by atoms with van der Waals surface area (Å²) in [5.41, 5.74) is 2.55. The van der Waals surface area contributed by atoms with Gasteiger partial charge in [-0.05, 0) is 68.4 Å². The number of nitrogens with one attached hydrogen (secondary N) is 3. The van der Waals surface area contributed by atoms with Crippen molar-refractivity contribution in [3.8, 4) is 5.75 Å². The van der Waals surface area contributed by atoms with E-state index in [0.29, 0.717) is 17.3 Å². The van der Waals surface area contributed by atoms with Gasteiger partial charge < -0.3 is 15.0 Å². The van der Waals surface area contributed by atoms with Crippen molar-refractivity contribution in [2.75, 3.05) is 11.9 Å². The topological polar surface area (TPSA) is 113 Å². The maximum Gasteiger partial charge on any atom is 0.255 e. The lowest BCUT2D eigenvalue weighted by Gasteiger charge is -2.12.